The van der Waals surface area contributed by atoms with E-state index in [0.29, 0.717) is 29.7 Å². The van der Waals surface area contributed by atoms with Gasteiger partial charge in [-0.05, 0) is 32.2 Å². The van der Waals surface area contributed by atoms with Crippen molar-refractivity contribution >= 4 is 30.6 Å². The summed E-state index contributed by atoms with van der Waals surface area (Å²) in [5.74, 6) is 0. The average Bonchev–Trinajstić information content (AvgIpc) is 2.73. The maximum absolute atomic E-state index is 11.4. The van der Waals surface area contributed by atoms with Gasteiger partial charge >= 0.3 is 0 Å². The van der Waals surface area contributed by atoms with Crippen molar-refractivity contribution in [2.24, 2.45) is 0 Å². The van der Waals surface area contributed by atoms with Crippen molar-refractivity contribution in [3.63, 3.8) is 0 Å². The molecule has 1 aromatic carbocycles. The zero-order valence-electron chi connectivity index (χ0n) is 17.8. The Labute approximate surface area is 169 Å². The van der Waals surface area contributed by atoms with Crippen molar-refractivity contribution in [1.82, 2.24) is 10.2 Å². The van der Waals surface area contributed by atoms with Crippen LogP contribution >= 0.6 is 0 Å². The Hall–Kier alpha value is -2.79. The highest BCUT2D eigenvalue weighted by molar-refractivity contribution is 5.89. The van der Waals surface area contributed by atoms with Gasteiger partial charge in [-0.15, -0.1) is 0 Å². The van der Waals surface area contributed by atoms with Gasteiger partial charge in [0, 0.05) is 30.3 Å². The number of carbonyl (C=O) groups is 3. The highest BCUT2D eigenvalue weighted by Gasteiger charge is 2.20. The summed E-state index contributed by atoms with van der Waals surface area (Å²) in [6.45, 7) is 11.5. The molecule has 0 bridgehead atoms. The van der Waals surface area contributed by atoms with E-state index < -0.39 is 6.04 Å². The maximum Gasteiger partial charge on any atom is 0.150 e. The zero-order chi connectivity index (χ0) is 21.9. The molecule has 0 amide bonds. The second-order valence-electron chi connectivity index (χ2n) is 5.48. The number of benzene rings is 1. The molecule has 0 aliphatic carbocycles. The zero-order valence-corrected chi connectivity index (χ0v) is 17.8. The predicted molar refractivity (Wildman–Crippen MR) is 119 cm³/mol. The molecule has 5 heteroatoms. The van der Waals surface area contributed by atoms with Crippen LogP contribution in [0, 0.1) is 0 Å². The lowest BCUT2D eigenvalue weighted by atomic mass is 9.96. The molecule has 0 saturated heterocycles. The van der Waals surface area contributed by atoms with E-state index in [-0.39, 0.29) is 0 Å². The van der Waals surface area contributed by atoms with Gasteiger partial charge in [0.2, 0.25) is 0 Å². The first-order valence-corrected chi connectivity index (χ1v) is 9.30. The van der Waals surface area contributed by atoms with Crippen LogP contribution in [0.5, 0.6) is 0 Å². The summed E-state index contributed by atoms with van der Waals surface area (Å²) in [5.41, 5.74) is 2.66. The first-order valence-electron chi connectivity index (χ1n) is 9.30. The Morgan fingerprint density at radius 2 is 1.71 bits per heavy atom. The topological polar surface area (TPSA) is 66.5 Å². The van der Waals surface area contributed by atoms with E-state index >= 15 is 0 Å². The Morgan fingerprint density at radius 1 is 1.14 bits per heavy atom. The van der Waals surface area contributed by atoms with Crippen LogP contribution in [0.15, 0.2) is 43.5 Å². The molecule has 1 unspecified atom stereocenters. The minimum atomic E-state index is -0.469. The van der Waals surface area contributed by atoms with Crippen LogP contribution in [-0.2, 0) is 9.59 Å². The fourth-order valence-corrected chi connectivity index (χ4v) is 2.41. The molecule has 0 saturated carbocycles. The van der Waals surface area contributed by atoms with Crippen LogP contribution in [0.3, 0.4) is 0 Å². The second kappa shape index (κ2) is 17.6. The lowest BCUT2D eigenvalue weighted by Crippen LogP contribution is -2.32. The lowest BCUT2D eigenvalue weighted by molar-refractivity contribution is -0.111. The quantitative estimate of drug-likeness (QED) is 0.486. The number of nitrogens with zero attached hydrogens (tertiary/aromatic N) is 1. The van der Waals surface area contributed by atoms with Crippen molar-refractivity contribution in [2.75, 3.05) is 21.1 Å². The predicted octanol–water partition coefficient (Wildman–Crippen LogP) is 4.01. The third-order valence-electron chi connectivity index (χ3n) is 3.62. The number of allylic oxidation sites excluding steroid dienone is 2. The summed E-state index contributed by atoms with van der Waals surface area (Å²) in [7, 11) is 5.51. The summed E-state index contributed by atoms with van der Waals surface area (Å²) < 4.78 is 0. The monoisotopic (exact) mass is 386 g/mol. The highest BCUT2D eigenvalue weighted by Crippen LogP contribution is 2.28. The van der Waals surface area contributed by atoms with Crippen molar-refractivity contribution < 1.29 is 14.4 Å². The molecule has 28 heavy (non-hydrogen) atoms. The number of carbonyl (C=O) groups excluding carboxylic acids is 3. The summed E-state index contributed by atoms with van der Waals surface area (Å²) in [5, 5.41) is 2.75. The minimum absolute atomic E-state index is 0.290. The Morgan fingerprint density at radius 3 is 2.14 bits per heavy atom. The van der Waals surface area contributed by atoms with Crippen LogP contribution in [0.4, 0.5) is 0 Å². The van der Waals surface area contributed by atoms with E-state index in [1.165, 1.54) is 0 Å². The van der Waals surface area contributed by atoms with Crippen molar-refractivity contribution in [2.45, 2.75) is 32.7 Å². The van der Waals surface area contributed by atoms with Gasteiger partial charge in [-0.1, -0.05) is 57.4 Å². The van der Waals surface area contributed by atoms with Crippen molar-refractivity contribution in [3.8, 4) is 0 Å². The van der Waals surface area contributed by atoms with Gasteiger partial charge in [0.15, 0.2) is 6.29 Å². The number of hydrogen-bond acceptors (Lipinski definition) is 5. The van der Waals surface area contributed by atoms with Crippen LogP contribution in [0.25, 0.3) is 11.8 Å². The molecule has 1 rings (SSSR count). The van der Waals surface area contributed by atoms with E-state index in [4.69, 9.17) is 0 Å². The molecule has 0 aromatic heterocycles. The molecule has 0 spiro atoms. The lowest BCUT2D eigenvalue weighted by Gasteiger charge is -2.29. The van der Waals surface area contributed by atoms with E-state index in [9.17, 15) is 14.4 Å². The molecule has 154 valence electrons. The van der Waals surface area contributed by atoms with Gasteiger partial charge in [-0.3, -0.25) is 4.79 Å². The van der Waals surface area contributed by atoms with Gasteiger partial charge in [0.05, 0.1) is 6.04 Å². The molecule has 0 fully saturated rings. The van der Waals surface area contributed by atoms with Crippen LogP contribution < -0.4 is 5.32 Å². The number of nitrogens with one attached hydrogen (secondary N) is 1. The Balaban J connectivity index is 0. The smallest absolute Gasteiger partial charge is 0.150 e. The molecule has 5 nitrogen and oxygen atoms in total. The standard InChI is InChI=1S/C19H21NO3.C2H7N.C2H6/c1-4-8-18(20(3)17(14-23)11-7-12-21)19-15(5-2)9-6-10-16(19)13-22;1-3-2;1-2/h4-6,8-10,12-14,17H,1-2,7,11H2,3H3;3H,1-2H3;1-2H3/b18-8+;;. The molecule has 0 aliphatic heterocycles. The van der Waals surface area contributed by atoms with E-state index in [2.05, 4.69) is 18.5 Å². The van der Waals surface area contributed by atoms with Crippen LogP contribution in [0.2, 0.25) is 0 Å². The molecular formula is C23H34N2O3. The van der Waals surface area contributed by atoms with Crippen LogP contribution in [0.1, 0.15) is 48.2 Å². The molecule has 1 aromatic rings. The van der Waals surface area contributed by atoms with Crippen LogP contribution in [-0.4, -0.2) is 50.9 Å². The second-order valence-corrected chi connectivity index (χ2v) is 5.48. The maximum atomic E-state index is 11.4. The average molecular weight is 387 g/mol. The van der Waals surface area contributed by atoms with E-state index in [0.717, 1.165) is 24.4 Å². The molecule has 0 radical (unpaired) electrons. The fourth-order valence-electron chi connectivity index (χ4n) is 2.41. The van der Waals surface area contributed by atoms with Gasteiger partial charge in [-0.25, -0.2) is 0 Å². The summed E-state index contributed by atoms with van der Waals surface area (Å²) >= 11 is 0. The van der Waals surface area contributed by atoms with Gasteiger partial charge in [0.1, 0.15) is 12.6 Å². The van der Waals surface area contributed by atoms with Gasteiger partial charge in [-0.2, -0.15) is 0 Å². The molecule has 1 N–H and O–H groups in total. The van der Waals surface area contributed by atoms with E-state index in [1.807, 2.05) is 34.0 Å². The number of likely N-dealkylation sites (N-methyl/N-ethyl adjacent to an activating group) is 1. The highest BCUT2D eigenvalue weighted by atomic mass is 16.1. The van der Waals surface area contributed by atoms with E-state index in [1.54, 1.807) is 42.3 Å². The van der Waals surface area contributed by atoms with Crippen molar-refractivity contribution in [1.29, 1.82) is 0 Å². The molecule has 1 atom stereocenters. The summed E-state index contributed by atoms with van der Waals surface area (Å²) in [4.78, 5) is 35.2. The number of aldehydes is 3. The first-order chi connectivity index (χ1) is 13.6. The first kappa shape index (κ1) is 27.4. The third kappa shape index (κ3) is 8.73. The number of rotatable bonds is 10. The largest absolute Gasteiger partial charge is 0.364 e. The third-order valence-corrected chi connectivity index (χ3v) is 3.62. The fraction of sp³-hybridized carbons (Fsp3) is 0.348. The molecule has 0 aliphatic rings. The number of hydrogen-bond donors (Lipinski definition) is 1. The van der Waals surface area contributed by atoms with Crippen molar-refractivity contribution in [3.05, 3.63) is 60.2 Å². The van der Waals surface area contributed by atoms with Gasteiger partial charge in [0.25, 0.3) is 0 Å². The Bertz CT molecular complexity index is 625. The normalized spacial score (nSPS) is 10.8. The Kier molecular flexibility index (Phi) is 17.3. The SMILES string of the molecule is C=C/C=C(\c1c(C=C)cccc1C=O)N(C)C(C=O)CCC=O.CC.CNC. The molecule has 0 heterocycles. The molecular weight excluding hydrogens is 352 g/mol. The minimum Gasteiger partial charge on any atom is -0.364 e. The summed E-state index contributed by atoms with van der Waals surface area (Å²) in [6, 6.07) is 4.87. The summed E-state index contributed by atoms with van der Waals surface area (Å²) in [6.07, 6.45) is 8.06. The van der Waals surface area contributed by atoms with Gasteiger partial charge < -0.3 is 19.8 Å².